The average molecular weight is 354 g/mol. The second-order valence-electron chi connectivity index (χ2n) is 5.55. The number of carboxylic acids is 1. The highest BCUT2D eigenvalue weighted by Gasteiger charge is 2.33. The van der Waals surface area contributed by atoms with E-state index in [1.807, 2.05) is 31.2 Å². The van der Waals surface area contributed by atoms with E-state index in [2.05, 4.69) is 15.9 Å². The van der Waals surface area contributed by atoms with Crippen LogP contribution in [0.2, 0.25) is 0 Å². The molecule has 0 bridgehead atoms. The molecule has 1 amide bonds. The number of carboxylic acid groups (broad SMARTS) is 1. The molecule has 1 N–H and O–H groups in total. The molecule has 2 rings (SSSR count). The van der Waals surface area contributed by atoms with E-state index in [9.17, 15) is 9.59 Å². The number of halogens is 1. The summed E-state index contributed by atoms with van der Waals surface area (Å²) in [5, 5.41) is 9.03. The molecule has 1 aliphatic heterocycles. The van der Waals surface area contributed by atoms with Gasteiger partial charge in [0.25, 0.3) is 0 Å². The highest BCUT2D eigenvalue weighted by atomic mass is 79.9. The number of benzene rings is 1. The number of aliphatic carboxylic acids is 1. The molecule has 1 saturated heterocycles. The summed E-state index contributed by atoms with van der Waals surface area (Å²) >= 11 is 3.44. The number of likely N-dealkylation sites (tertiary alicyclic amines) is 1. The number of amides is 1. The summed E-state index contributed by atoms with van der Waals surface area (Å²) in [5.74, 6) is -1.20. The van der Waals surface area contributed by atoms with Crippen LogP contribution in [0.1, 0.15) is 25.3 Å². The molecule has 1 aromatic rings. The van der Waals surface area contributed by atoms with Crippen molar-refractivity contribution < 1.29 is 14.7 Å². The first-order valence-corrected chi connectivity index (χ1v) is 8.06. The normalized spacial score (nSPS) is 19.5. The Labute approximate surface area is 133 Å². The van der Waals surface area contributed by atoms with Gasteiger partial charge in [-0.2, -0.15) is 0 Å². The van der Waals surface area contributed by atoms with Crippen LogP contribution in [0.25, 0.3) is 0 Å². The highest BCUT2D eigenvalue weighted by Crippen LogP contribution is 2.23. The van der Waals surface area contributed by atoms with Crippen molar-refractivity contribution in [3.63, 3.8) is 0 Å². The molecule has 4 nitrogen and oxygen atoms in total. The quantitative estimate of drug-likeness (QED) is 0.885. The van der Waals surface area contributed by atoms with E-state index in [1.54, 1.807) is 4.90 Å². The molecule has 0 unspecified atom stereocenters. The van der Waals surface area contributed by atoms with Gasteiger partial charge in [-0.05, 0) is 37.0 Å². The van der Waals surface area contributed by atoms with Crippen LogP contribution in [0.5, 0.6) is 0 Å². The minimum absolute atomic E-state index is 0.0770. The van der Waals surface area contributed by atoms with Crippen LogP contribution < -0.4 is 0 Å². The maximum atomic E-state index is 12.6. The van der Waals surface area contributed by atoms with E-state index >= 15 is 0 Å². The second kappa shape index (κ2) is 7.07. The fourth-order valence-electron chi connectivity index (χ4n) is 2.77. The number of rotatable bonds is 5. The number of carbonyl (C=O) groups excluding carboxylic acids is 1. The van der Waals surface area contributed by atoms with Crippen molar-refractivity contribution in [1.29, 1.82) is 0 Å². The van der Waals surface area contributed by atoms with Gasteiger partial charge in [-0.1, -0.05) is 35.0 Å². The Bertz CT molecular complexity index is 532. The zero-order chi connectivity index (χ0) is 15.4. The maximum absolute atomic E-state index is 12.6. The molecule has 0 aliphatic carbocycles. The molecular formula is C16H20BrNO3. The van der Waals surface area contributed by atoms with Gasteiger partial charge in [0.15, 0.2) is 0 Å². The van der Waals surface area contributed by atoms with Gasteiger partial charge in [-0.3, -0.25) is 9.59 Å². The smallest absolute Gasteiger partial charge is 0.308 e. The maximum Gasteiger partial charge on any atom is 0.308 e. The van der Waals surface area contributed by atoms with Gasteiger partial charge in [-0.25, -0.2) is 0 Å². The summed E-state index contributed by atoms with van der Waals surface area (Å²) in [7, 11) is 0. The van der Waals surface area contributed by atoms with Crippen molar-refractivity contribution in [1.82, 2.24) is 4.90 Å². The molecule has 0 aromatic heterocycles. The number of nitrogens with zero attached hydrogens (tertiary/aromatic N) is 1. The van der Waals surface area contributed by atoms with Crippen LogP contribution in [0.4, 0.5) is 0 Å². The lowest BCUT2D eigenvalue weighted by Gasteiger charge is -2.22. The second-order valence-corrected chi connectivity index (χ2v) is 6.46. The Morgan fingerprint density at radius 1 is 1.48 bits per heavy atom. The third-order valence-corrected chi connectivity index (χ3v) is 4.56. The van der Waals surface area contributed by atoms with Crippen molar-refractivity contribution in [3.05, 3.63) is 34.3 Å². The molecule has 1 aromatic carbocycles. The van der Waals surface area contributed by atoms with E-state index in [4.69, 9.17) is 5.11 Å². The summed E-state index contributed by atoms with van der Waals surface area (Å²) in [6.07, 6.45) is 2.02. The summed E-state index contributed by atoms with van der Waals surface area (Å²) < 4.78 is 1.01. The largest absolute Gasteiger partial charge is 0.481 e. The first-order chi connectivity index (χ1) is 10.0. The summed E-state index contributed by atoms with van der Waals surface area (Å²) in [4.78, 5) is 25.3. The Hall–Kier alpha value is -1.36. The third kappa shape index (κ3) is 4.06. The average Bonchev–Trinajstić information content (AvgIpc) is 2.94. The summed E-state index contributed by atoms with van der Waals surface area (Å²) in [6, 6.07) is 7.97. The SMILES string of the molecule is CC[C@H](Cc1cccc(Br)c1)C(=O)N1CC[C@H](C(=O)O)C1. The Balaban J connectivity index is 2.01. The molecule has 1 fully saturated rings. The molecule has 0 saturated carbocycles. The minimum Gasteiger partial charge on any atom is -0.481 e. The lowest BCUT2D eigenvalue weighted by atomic mass is 9.95. The molecule has 0 spiro atoms. The Morgan fingerprint density at radius 2 is 2.24 bits per heavy atom. The fourth-order valence-corrected chi connectivity index (χ4v) is 3.22. The number of carbonyl (C=O) groups is 2. The molecule has 2 atom stereocenters. The molecule has 1 aliphatic rings. The molecule has 5 heteroatoms. The summed E-state index contributed by atoms with van der Waals surface area (Å²) in [5.41, 5.74) is 1.12. The number of hydrogen-bond donors (Lipinski definition) is 1. The van der Waals surface area contributed by atoms with Gasteiger partial charge < -0.3 is 10.0 Å². The van der Waals surface area contributed by atoms with Gasteiger partial charge >= 0.3 is 5.97 Å². The van der Waals surface area contributed by atoms with Crippen LogP contribution in [-0.4, -0.2) is 35.0 Å². The van der Waals surface area contributed by atoms with Gasteiger partial charge in [-0.15, -0.1) is 0 Å². The Kier molecular flexibility index (Phi) is 5.39. The summed E-state index contributed by atoms with van der Waals surface area (Å²) in [6.45, 7) is 2.92. The predicted molar refractivity (Wildman–Crippen MR) is 83.9 cm³/mol. The predicted octanol–water partition coefficient (Wildman–Crippen LogP) is 2.95. The van der Waals surface area contributed by atoms with Crippen LogP contribution >= 0.6 is 15.9 Å². The zero-order valence-electron chi connectivity index (χ0n) is 12.1. The lowest BCUT2D eigenvalue weighted by Crippen LogP contribution is -2.35. The molecule has 0 radical (unpaired) electrons. The molecule has 114 valence electrons. The fraction of sp³-hybridized carbons (Fsp3) is 0.500. The zero-order valence-corrected chi connectivity index (χ0v) is 13.7. The monoisotopic (exact) mass is 353 g/mol. The minimum atomic E-state index is -0.801. The van der Waals surface area contributed by atoms with Crippen LogP contribution in [0, 0.1) is 11.8 Å². The van der Waals surface area contributed by atoms with E-state index in [0.717, 1.165) is 16.5 Å². The van der Waals surface area contributed by atoms with Gasteiger partial charge in [0, 0.05) is 23.5 Å². The van der Waals surface area contributed by atoms with E-state index < -0.39 is 11.9 Å². The van der Waals surface area contributed by atoms with Crippen molar-refractivity contribution in [2.24, 2.45) is 11.8 Å². The van der Waals surface area contributed by atoms with Crippen molar-refractivity contribution in [2.75, 3.05) is 13.1 Å². The van der Waals surface area contributed by atoms with Gasteiger partial charge in [0.2, 0.25) is 5.91 Å². The Morgan fingerprint density at radius 3 is 2.81 bits per heavy atom. The first kappa shape index (κ1) is 16.0. The highest BCUT2D eigenvalue weighted by molar-refractivity contribution is 9.10. The van der Waals surface area contributed by atoms with Crippen LogP contribution in [-0.2, 0) is 16.0 Å². The van der Waals surface area contributed by atoms with Crippen LogP contribution in [0.15, 0.2) is 28.7 Å². The number of hydrogen-bond acceptors (Lipinski definition) is 2. The first-order valence-electron chi connectivity index (χ1n) is 7.27. The third-order valence-electron chi connectivity index (χ3n) is 4.06. The van der Waals surface area contributed by atoms with Crippen molar-refractivity contribution >= 4 is 27.8 Å². The van der Waals surface area contributed by atoms with Crippen molar-refractivity contribution in [2.45, 2.75) is 26.2 Å². The standard InChI is InChI=1S/C16H20BrNO3/c1-2-12(8-11-4-3-5-14(17)9-11)15(19)18-7-6-13(10-18)16(20)21/h3-5,9,12-13H,2,6-8,10H2,1H3,(H,20,21)/t12-,13+/m1/s1. The lowest BCUT2D eigenvalue weighted by molar-refractivity contribution is -0.141. The topological polar surface area (TPSA) is 57.6 Å². The van der Waals surface area contributed by atoms with Gasteiger partial charge in [0.05, 0.1) is 5.92 Å². The van der Waals surface area contributed by atoms with Gasteiger partial charge in [0.1, 0.15) is 0 Å². The van der Waals surface area contributed by atoms with Crippen molar-refractivity contribution in [3.8, 4) is 0 Å². The van der Waals surface area contributed by atoms with E-state index in [1.165, 1.54) is 0 Å². The molecular weight excluding hydrogens is 334 g/mol. The molecule has 21 heavy (non-hydrogen) atoms. The van der Waals surface area contributed by atoms with Crippen LogP contribution in [0.3, 0.4) is 0 Å². The van der Waals surface area contributed by atoms with E-state index in [0.29, 0.717) is 25.9 Å². The van der Waals surface area contributed by atoms with E-state index in [-0.39, 0.29) is 11.8 Å². The molecule has 1 heterocycles.